The number of nitrogens with zero attached hydrogens (tertiary/aromatic N) is 6. The Labute approximate surface area is 181 Å². The molecule has 1 aliphatic rings. The van der Waals surface area contributed by atoms with Crippen LogP contribution in [0.25, 0.3) is 5.69 Å². The summed E-state index contributed by atoms with van der Waals surface area (Å²) in [7, 11) is 0. The van der Waals surface area contributed by atoms with Gasteiger partial charge in [0.15, 0.2) is 11.6 Å². The Bertz CT molecular complexity index is 1030. The number of hydrogen-bond donors (Lipinski definition) is 0. The van der Waals surface area contributed by atoms with E-state index in [1.165, 1.54) is 0 Å². The largest absolute Gasteiger partial charge is 0.291 e. The number of fused-ring (bicyclic) bond motifs is 3. The van der Waals surface area contributed by atoms with Crippen LogP contribution in [-0.4, -0.2) is 43.6 Å². The number of benzene rings is 1. The Morgan fingerprint density at radius 2 is 1.93 bits per heavy atom. The number of hydrogen-bond acceptors (Lipinski definition) is 6. The van der Waals surface area contributed by atoms with Crippen molar-refractivity contribution in [1.82, 2.24) is 24.8 Å². The van der Waals surface area contributed by atoms with E-state index < -0.39 is 0 Å². The Kier molecular flexibility index (Phi) is 6.52. The monoisotopic (exact) mass is 424 g/mol. The van der Waals surface area contributed by atoms with Gasteiger partial charge in [-0.05, 0) is 43.2 Å². The summed E-state index contributed by atoms with van der Waals surface area (Å²) < 4.78 is 2.03. The average molecular weight is 425 g/mol. The van der Waals surface area contributed by atoms with Gasteiger partial charge in [0.1, 0.15) is 13.2 Å². The molecule has 4 rings (SSSR count). The highest BCUT2D eigenvalue weighted by Crippen LogP contribution is 2.28. The molecule has 0 unspecified atom stereocenters. The molecule has 0 spiro atoms. The number of pyridine rings is 1. The summed E-state index contributed by atoms with van der Waals surface area (Å²) in [5.74, 6) is 1.50. The van der Waals surface area contributed by atoms with Crippen molar-refractivity contribution in [2.45, 2.75) is 39.8 Å². The van der Waals surface area contributed by atoms with Crippen molar-refractivity contribution >= 4 is 17.3 Å². The highest BCUT2D eigenvalue weighted by atomic mass is 35.5. The lowest BCUT2D eigenvalue weighted by Gasteiger charge is -2.20. The highest BCUT2D eigenvalue weighted by molar-refractivity contribution is 6.31. The molecule has 30 heavy (non-hydrogen) atoms. The van der Waals surface area contributed by atoms with Crippen LogP contribution >= 0.6 is 11.6 Å². The Morgan fingerprint density at radius 1 is 1.10 bits per heavy atom. The van der Waals surface area contributed by atoms with Gasteiger partial charge < -0.3 is 0 Å². The summed E-state index contributed by atoms with van der Waals surface area (Å²) >= 11 is 6.35. The molecule has 8 heteroatoms. The molecular weight excluding hydrogens is 400 g/mol. The smallest absolute Gasteiger partial charge is 0.165 e. The van der Waals surface area contributed by atoms with E-state index in [4.69, 9.17) is 21.4 Å². The maximum atomic E-state index is 6.35. The second-order valence-corrected chi connectivity index (χ2v) is 7.55. The lowest BCUT2D eigenvalue weighted by Crippen LogP contribution is -2.26. The van der Waals surface area contributed by atoms with Crippen LogP contribution in [0.3, 0.4) is 0 Å². The van der Waals surface area contributed by atoms with Gasteiger partial charge in [-0.2, -0.15) is 5.06 Å². The average Bonchev–Trinajstić information content (AvgIpc) is 3.08. The predicted molar refractivity (Wildman–Crippen MR) is 117 cm³/mol. The molecule has 3 aromatic rings. The van der Waals surface area contributed by atoms with Gasteiger partial charge in [0.2, 0.25) is 0 Å². The standard InChI is InChI=1S/C22H25ClN6O/c1-3-11-28(12-4-2)30-15-21-27-26-20-14-25-22(18-7-5-6-10-24-18)17-13-16(23)8-9-19(17)29(20)21/h5-10,13H,3-4,11-12,14-15H2,1-2H3. The van der Waals surface area contributed by atoms with Gasteiger partial charge in [-0.25, -0.2) is 0 Å². The van der Waals surface area contributed by atoms with Gasteiger partial charge >= 0.3 is 0 Å². The summed E-state index contributed by atoms with van der Waals surface area (Å²) in [4.78, 5) is 15.4. The quantitative estimate of drug-likeness (QED) is 0.506. The molecular formula is C22H25ClN6O. The van der Waals surface area contributed by atoms with Crippen LogP contribution in [0.5, 0.6) is 0 Å². The zero-order chi connectivity index (χ0) is 20.9. The van der Waals surface area contributed by atoms with E-state index in [9.17, 15) is 0 Å². The molecule has 0 saturated carbocycles. The van der Waals surface area contributed by atoms with Crippen molar-refractivity contribution in [3.63, 3.8) is 0 Å². The summed E-state index contributed by atoms with van der Waals surface area (Å²) in [5, 5.41) is 11.4. The first-order valence-corrected chi connectivity index (χ1v) is 10.7. The fraction of sp³-hybridized carbons (Fsp3) is 0.364. The van der Waals surface area contributed by atoms with Crippen molar-refractivity contribution in [3.8, 4) is 5.69 Å². The molecule has 0 aliphatic carbocycles. The number of aliphatic imine (C=N–C) groups is 1. The summed E-state index contributed by atoms with van der Waals surface area (Å²) in [6.07, 6.45) is 3.82. The van der Waals surface area contributed by atoms with Crippen LogP contribution in [-0.2, 0) is 18.0 Å². The van der Waals surface area contributed by atoms with Crippen LogP contribution in [0.2, 0.25) is 5.02 Å². The predicted octanol–water partition coefficient (Wildman–Crippen LogP) is 4.22. The minimum Gasteiger partial charge on any atom is -0.291 e. The maximum absolute atomic E-state index is 6.35. The molecule has 1 aromatic carbocycles. The van der Waals surface area contributed by atoms with E-state index >= 15 is 0 Å². The van der Waals surface area contributed by atoms with Crippen molar-refractivity contribution in [2.24, 2.45) is 4.99 Å². The first-order chi connectivity index (χ1) is 14.7. The molecule has 0 fully saturated rings. The molecule has 1 aliphatic heterocycles. The lowest BCUT2D eigenvalue weighted by molar-refractivity contribution is -0.171. The molecule has 0 bridgehead atoms. The topological polar surface area (TPSA) is 68.4 Å². The van der Waals surface area contributed by atoms with E-state index in [0.717, 1.165) is 60.2 Å². The van der Waals surface area contributed by atoms with Crippen LogP contribution < -0.4 is 0 Å². The third kappa shape index (κ3) is 4.28. The van der Waals surface area contributed by atoms with E-state index in [2.05, 4.69) is 29.0 Å². The van der Waals surface area contributed by atoms with Crippen molar-refractivity contribution in [2.75, 3.05) is 13.1 Å². The lowest BCUT2D eigenvalue weighted by atomic mass is 10.0. The Balaban J connectivity index is 1.72. The van der Waals surface area contributed by atoms with Crippen LogP contribution in [0.4, 0.5) is 0 Å². The highest BCUT2D eigenvalue weighted by Gasteiger charge is 2.24. The molecule has 0 atom stereocenters. The fourth-order valence-electron chi connectivity index (χ4n) is 3.57. The third-order valence-electron chi connectivity index (χ3n) is 4.86. The molecule has 3 heterocycles. The van der Waals surface area contributed by atoms with E-state index in [1.807, 2.05) is 46.0 Å². The van der Waals surface area contributed by atoms with Gasteiger partial charge in [-0.15, -0.1) is 10.2 Å². The number of hydroxylamine groups is 2. The van der Waals surface area contributed by atoms with Gasteiger partial charge in [0, 0.05) is 29.9 Å². The van der Waals surface area contributed by atoms with Gasteiger partial charge in [0.25, 0.3) is 0 Å². The Hall–Kier alpha value is -2.61. The minimum atomic E-state index is 0.341. The number of rotatable bonds is 8. The fourth-order valence-corrected chi connectivity index (χ4v) is 3.74. The Morgan fingerprint density at radius 3 is 2.67 bits per heavy atom. The van der Waals surface area contributed by atoms with Gasteiger partial charge in [-0.3, -0.25) is 19.4 Å². The summed E-state index contributed by atoms with van der Waals surface area (Å²) in [6, 6.07) is 11.6. The van der Waals surface area contributed by atoms with Crippen LogP contribution in [0, 0.1) is 0 Å². The maximum Gasteiger partial charge on any atom is 0.165 e. The normalized spacial score (nSPS) is 13.0. The zero-order valence-electron chi connectivity index (χ0n) is 17.3. The first kappa shape index (κ1) is 20.7. The van der Waals surface area contributed by atoms with E-state index in [1.54, 1.807) is 6.20 Å². The summed E-state index contributed by atoms with van der Waals surface area (Å²) in [5.41, 5.74) is 3.43. The molecule has 0 N–H and O–H groups in total. The molecule has 0 saturated heterocycles. The molecule has 0 amide bonds. The second kappa shape index (κ2) is 9.47. The molecule has 0 radical (unpaired) electrons. The van der Waals surface area contributed by atoms with Crippen molar-refractivity contribution in [1.29, 1.82) is 0 Å². The molecule has 156 valence electrons. The van der Waals surface area contributed by atoms with E-state index in [0.29, 0.717) is 18.2 Å². The first-order valence-electron chi connectivity index (χ1n) is 10.3. The molecule has 7 nitrogen and oxygen atoms in total. The number of halogens is 1. The van der Waals surface area contributed by atoms with Gasteiger partial charge in [-0.1, -0.05) is 31.5 Å². The SMILES string of the molecule is CCCN(CCC)OCc1nnc2n1-c1ccc(Cl)cc1C(c1ccccn1)=NC2. The van der Waals surface area contributed by atoms with Crippen LogP contribution in [0.1, 0.15) is 49.6 Å². The van der Waals surface area contributed by atoms with Gasteiger partial charge in [0.05, 0.1) is 17.1 Å². The van der Waals surface area contributed by atoms with Crippen molar-refractivity contribution in [3.05, 3.63) is 70.5 Å². The number of aromatic nitrogens is 4. The molecule has 2 aromatic heterocycles. The zero-order valence-corrected chi connectivity index (χ0v) is 18.0. The second-order valence-electron chi connectivity index (χ2n) is 7.11. The summed E-state index contributed by atoms with van der Waals surface area (Å²) in [6.45, 7) is 6.80. The van der Waals surface area contributed by atoms with Crippen LogP contribution in [0.15, 0.2) is 47.6 Å². The van der Waals surface area contributed by atoms with E-state index in [-0.39, 0.29) is 0 Å². The third-order valence-corrected chi connectivity index (χ3v) is 5.10. The minimum absolute atomic E-state index is 0.341. The van der Waals surface area contributed by atoms with Crippen molar-refractivity contribution < 1.29 is 4.84 Å².